The van der Waals surface area contributed by atoms with Crippen LogP contribution in [-0.4, -0.2) is 38.9 Å². The lowest BCUT2D eigenvalue weighted by molar-refractivity contribution is -0.129. The van der Waals surface area contributed by atoms with Gasteiger partial charge in [-0.25, -0.2) is 4.68 Å². The number of hydrogen-bond donors (Lipinski definition) is 1. The number of carbonyl (C=O) groups is 1. The summed E-state index contributed by atoms with van der Waals surface area (Å²) < 4.78 is 1.82. The molecule has 1 saturated heterocycles. The molecule has 88 valence electrons. The summed E-state index contributed by atoms with van der Waals surface area (Å²) >= 11 is 0. The summed E-state index contributed by atoms with van der Waals surface area (Å²) in [6.07, 6.45) is 3.38. The Morgan fingerprint density at radius 3 is 3.12 bits per heavy atom. The highest BCUT2D eigenvalue weighted by Gasteiger charge is 2.27. The molecule has 1 fully saturated rings. The van der Waals surface area contributed by atoms with Crippen LogP contribution in [0.15, 0.2) is 6.20 Å². The molecule has 1 aliphatic heterocycles. The van der Waals surface area contributed by atoms with Crippen molar-refractivity contribution in [1.29, 1.82) is 0 Å². The number of nitrogens with two attached hydrogens (primary N) is 1. The van der Waals surface area contributed by atoms with Crippen molar-refractivity contribution in [3.63, 3.8) is 0 Å². The van der Waals surface area contributed by atoms with E-state index in [0.717, 1.165) is 25.2 Å². The number of amides is 1. The Kier molecular flexibility index (Phi) is 3.19. The van der Waals surface area contributed by atoms with Crippen LogP contribution in [0.3, 0.4) is 0 Å². The molecule has 1 atom stereocenters. The SMILES string of the molecule is CCC(=O)N1CC[C@@H](n2cc(CN)nn2)C1. The van der Waals surface area contributed by atoms with Gasteiger partial charge in [0.25, 0.3) is 0 Å². The van der Waals surface area contributed by atoms with Gasteiger partial charge in [0.15, 0.2) is 0 Å². The van der Waals surface area contributed by atoms with E-state index >= 15 is 0 Å². The van der Waals surface area contributed by atoms with Gasteiger partial charge in [-0.2, -0.15) is 0 Å². The van der Waals surface area contributed by atoms with Gasteiger partial charge in [-0.1, -0.05) is 12.1 Å². The van der Waals surface area contributed by atoms with Gasteiger partial charge < -0.3 is 10.6 Å². The zero-order valence-corrected chi connectivity index (χ0v) is 9.46. The Morgan fingerprint density at radius 2 is 2.50 bits per heavy atom. The lowest BCUT2D eigenvalue weighted by atomic mass is 10.3. The van der Waals surface area contributed by atoms with Crippen molar-refractivity contribution < 1.29 is 4.79 Å². The summed E-state index contributed by atoms with van der Waals surface area (Å²) in [5.41, 5.74) is 6.27. The molecule has 1 amide bonds. The van der Waals surface area contributed by atoms with Crippen molar-refractivity contribution in [2.75, 3.05) is 13.1 Å². The second-order valence-corrected chi connectivity index (χ2v) is 4.03. The Balaban J connectivity index is 2.00. The maximum absolute atomic E-state index is 11.5. The van der Waals surface area contributed by atoms with Gasteiger partial charge in [0.1, 0.15) is 0 Å². The molecular weight excluding hydrogens is 206 g/mol. The lowest BCUT2D eigenvalue weighted by Crippen LogP contribution is -2.28. The minimum absolute atomic E-state index is 0.210. The largest absolute Gasteiger partial charge is 0.340 e. The van der Waals surface area contributed by atoms with Crippen LogP contribution in [0.1, 0.15) is 31.5 Å². The van der Waals surface area contributed by atoms with Crippen molar-refractivity contribution in [1.82, 2.24) is 19.9 Å². The molecule has 0 spiro atoms. The number of hydrogen-bond acceptors (Lipinski definition) is 4. The van der Waals surface area contributed by atoms with Crippen molar-refractivity contribution >= 4 is 5.91 Å². The molecule has 6 heteroatoms. The number of carbonyl (C=O) groups excluding carboxylic acids is 1. The van der Waals surface area contributed by atoms with E-state index in [4.69, 9.17) is 5.73 Å². The predicted octanol–water partition coefficient (Wildman–Crippen LogP) is -0.0798. The highest BCUT2D eigenvalue weighted by atomic mass is 16.2. The third-order valence-electron chi connectivity index (χ3n) is 2.96. The zero-order valence-electron chi connectivity index (χ0n) is 9.46. The molecule has 0 saturated carbocycles. The summed E-state index contributed by atoms with van der Waals surface area (Å²) in [7, 11) is 0. The molecule has 2 heterocycles. The van der Waals surface area contributed by atoms with E-state index in [1.54, 1.807) is 0 Å². The summed E-state index contributed by atoms with van der Waals surface area (Å²) in [5.74, 6) is 0.210. The molecule has 16 heavy (non-hydrogen) atoms. The standard InChI is InChI=1S/C10H17N5O/c1-2-10(16)14-4-3-9(7-14)15-6-8(5-11)12-13-15/h6,9H,2-5,7,11H2,1H3/t9-/m1/s1. The van der Waals surface area contributed by atoms with Crippen LogP contribution < -0.4 is 5.73 Å². The fourth-order valence-corrected chi connectivity index (χ4v) is 1.99. The lowest BCUT2D eigenvalue weighted by Gasteiger charge is -2.15. The Labute approximate surface area is 94.4 Å². The highest BCUT2D eigenvalue weighted by Crippen LogP contribution is 2.21. The molecule has 1 aliphatic rings. The van der Waals surface area contributed by atoms with Crippen LogP contribution >= 0.6 is 0 Å². The predicted molar refractivity (Wildman–Crippen MR) is 58.4 cm³/mol. The molecule has 6 nitrogen and oxygen atoms in total. The van der Waals surface area contributed by atoms with Gasteiger partial charge >= 0.3 is 0 Å². The number of likely N-dealkylation sites (tertiary alicyclic amines) is 1. The van der Waals surface area contributed by atoms with Crippen LogP contribution in [0.4, 0.5) is 0 Å². The van der Waals surface area contributed by atoms with Gasteiger partial charge in [-0.3, -0.25) is 4.79 Å². The fourth-order valence-electron chi connectivity index (χ4n) is 1.99. The topological polar surface area (TPSA) is 77.0 Å². The van der Waals surface area contributed by atoms with Crippen molar-refractivity contribution in [3.8, 4) is 0 Å². The van der Waals surface area contributed by atoms with E-state index in [1.807, 2.05) is 22.7 Å². The summed E-state index contributed by atoms with van der Waals surface area (Å²) in [6.45, 7) is 3.84. The number of rotatable bonds is 3. The first kappa shape index (κ1) is 11.1. The number of nitrogens with zero attached hydrogens (tertiary/aromatic N) is 4. The maximum atomic E-state index is 11.5. The minimum atomic E-state index is 0.210. The first-order valence-corrected chi connectivity index (χ1v) is 5.63. The number of aromatic nitrogens is 3. The van der Waals surface area contributed by atoms with E-state index in [2.05, 4.69) is 10.3 Å². The van der Waals surface area contributed by atoms with Crippen LogP contribution in [0.5, 0.6) is 0 Å². The first-order valence-electron chi connectivity index (χ1n) is 5.63. The Morgan fingerprint density at radius 1 is 1.69 bits per heavy atom. The highest BCUT2D eigenvalue weighted by molar-refractivity contribution is 5.76. The minimum Gasteiger partial charge on any atom is -0.340 e. The summed E-state index contributed by atoms with van der Waals surface area (Å²) in [5, 5.41) is 7.99. The molecule has 1 aromatic heterocycles. The van der Waals surface area contributed by atoms with E-state index in [0.29, 0.717) is 13.0 Å². The van der Waals surface area contributed by atoms with Gasteiger partial charge in [0.05, 0.1) is 17.9 Å². The molecule has 0 unspecified atom stereocenters. The van der Waals surface area contributed by atoms with Crippen molar-refractivity contribution in [2.45, 2.75) is 32.4 Å². The molecule has 2 rings (SSSR count). The second kappa shape index (κ2) is 4.61. The van der Waals surface area contributed by atoms with Gasteiger partial charge in [0, 0.05) is 26.1 Å². The first-order chi connectivity index (χ1) is 7.74. The van der Waals surface area contributed by atoms with E-state index in [-0.39, 0.29) is 11.9 Å². The summed E-state index contributed by atoms with van der Waals surface area (Å²) in [4.78, 5) is 13.4. The third-order valence-corrected chi connectivity index (χ3v) is 2.96. The van der Waals surface area contributed by atoms with Gasteiger partial charge in [0.2, 0.25) is 5.91 Å². The average molecular weight is 223 g/mol. The molecular formula is C10H17N5O. The molecule has 0 aromatic carbocycles. The van der Waals surface area contributed by atoms with Gasteiger partial charge in [-0.05, 0) is 6.42 Å². The zero-order chi connectivity index (χ0) is 11.5. The molecule has 0 bridgehead atoms. The third kappa shape index (κ3) is 2.06. The maximum Gasteiger partial charge on any atom is 0.222 e. The monoisotopic (exact) mass is 223 g/mol. The van der Waals surface area contributed by atoms with Gasteiger partial charge in [-0.15, -0.1) is 5.10 Å². The molecule has 1 aromatic rings. The normalized spacial score (nSPS) is 20.4. The molecule has 2 N–H and O–H groups in total. The molecule has 0 aliphatic carbocycles. The van der Waals surface area contributed by atoms with E-state index in [1.165, 1.54) is 0 Å². The van der Waals surface area contributed by atoms with Crippen molar-refractivity contribution in [3.05, 3.63) is 11.9 Å². The Hall–Kier alpha value is -1.43. The average Bonchev–Trinajstić information content (AvgIpc) is 2.95. The molecule has 0 radical (unpaired) electrons. The van der Waals surface area contributed by atoms with Crippen LogP contribution in [0.2, 0.25) is 0 Å². The van der Waals surface area contributed by atoms with Crippen LogP contribution in [0.25, 0.3) is 0 Å². The van der Waals surface area contributed by atoms with Crippen LogP contribution in [-0.2, 0) is 11.3 Å². The van der Waals surface area contributed by atoms with Crippen molar-refractivity contribution in [2.24, 2.45) is 5.73 Å². The quantitative estimate of drug-likeness (QED) is 0.777. The second-order valence-electron chi connectivity index (χ2n) is 4.03. The Bertz CT molecular complexity index is 375. The fraction of sp³-hybridized carbons (Fsp3) is 0.700. The van der Waals surface area contributed by atoms with E-state index < -0.39 is 0 Å². The smallest absolute Gasteiger partial charge is 0.222 e. The van der Waals surface area contributed by atoms with Crippen LogP contribution in [0, 0.1) is 0 Å². The summed E-state index contributed by atoms with van der Waals surface area (Å²) in [6, 6.07) is 0.253. The van der Waals surface area contributed by atoms with E-state index in [9.17, 15) is 4.79 Å².